The summed E-state index contributed by atoms with van der Waals surface area (Å²) in [4.78, 5) is 15.1. The number of nitrogens with zero attached hydrogens (tertiary/aromatic N) is 2. The molecule has 0 unspecified atom stereocenters. The second-order valence-corrected chi connectivity index (χ2v) is 6.54. The maximum absolute atomic E-state index is 11.3. The van der Waals surface area contributed by atoms with Crippen molar-refractivity contribution < 1.29 is 9.47 Å². The molecule has 3 aromatic rings. The molecule has 0 saturated carbocycles. The minimum Gasteiger partial charge on any atom is -0.490 e. The van der Waals surface area contributed by atoms with Crippen molar-refractivity contribution in [3.63, 3.8) is 0 Å². The van der Waals surface area contributed by atoms with Crippen LogP contribution in [-0.2, 0) is 6.54 Å². The molecule has 1 atom stereocenters. The fraction of sp³-hybridized carbons (Fsp3) is 0.238. The van der Waals surface area contributed by atoms with Gasteiger partial charge in [-0.05, 0) is 48.2 Å². The van der Waals surface area contributed by atoms with E-state index in [2.05, 4.69) is 43.1 Å². The van der Waals surface area contributed by atoms with Crippen LogP contribution in [0.5, 0.6) is 11.8 Å². The molecule has 0 spiro atoms. The lowest BCUT2D eigenvalue weighted by Gasteiger charge is -2.14. The Morgan fingerprint density at radius 1 is 1.12 bits per heavy atom. The lowest BCUT2D eigenvalue weighted by molar-refractivity contribution is 0.143. The predicted octanol–water partition coefficient (Wildman–Crippen LogP) is 3.37. The third-order valence-electron chi connectivity index (χ3n) is 4.59. The van der Waals surface area contributed by atoms with Crippen LogP contribution in [0.15, 0.2) is 59.5 Å². The summed E-state index contributed by atoms with van der Waals surface area (Å²) in [6.45, 7) is 5.24. The first-order valence-corrected chi connectivity index (χ1v) is 8.64. The number of hydrogen-bond donors (Lipinski definition) is 0. The molecule has 4 rings (SSSR count). The molecule has 1 aliphatic heterocycles. The third kappa shape index (κ3) is 3.20. The van der Waals surface area contributed by atoms with Crippen LogP contribution in [0.1, 0.15) is 11.1 Å². The third-order valence-corrected chi connectivity index (χ3v) is 4.59. The van der Waals surface area contributed by atoms with E-state index >= 15 is 0 Å². The molecule has 5 heteroatoms. The van der Waals surface area contributed by atoms with E-state index in [9.17, 15) is 4.79 Å². The smallest absolute Gasteiger partial charge is 0.300 e. The van der Waals surface area contributed by atoms with Gasteiger partial charge >= 0.3 is 0 Å². The minimum atomic E-state index is -0.291. The molecule has 5 nitrogen and oxygen atoms in total. The van der Waals surface area contributed by atoms with Crippen molar-refractivity contribution >= 4 is 0 Å². The molecule has 1 aliphatic rings. The van der Waals surface area contributed by atoms with E-state index in [1.165, 1.54) is 28.3 Å². The Balaban J connectivity index is 1.45. The summed E-state index contributed by atoms with van der Waals surface area (Å²) in [6, 6.07) is 16.3. The van der Waals surface area contributed by atoms with Gasteiger partial charge in [-0.3, -0.25) is 9.36 Å². The van der Waals surface area contributed by atoms with Crippen LogP contribution in [0.25, 0.3) is 11.1 Å². The normalized spacial score (nSPS) is 15.4. The standard InChI is InChI=1S/C21H20N2O3/c1-14-5-3-4-6-18(14)19-8-7-16(11-15(19)2)25-13-17-12-23-10-9-20(24)22-21(23)26-17/h3-11,17H,12-13H2,1-2H3/t17-/m0/s1. The predicted molar refractivity (Wildman–Crippen MR) is 99.8 cm³/mol. The van der Waals surface area contributed by atoms with E-state index in [0.717, 1.165) is 5.75 Å². The first kappa shape index (κ1) is 16.4. The van der Waals surface area contributed by atoms with Crippen molar-refractivity contribution in [2.24, 2.45) is 0 Å². The zero-order chi connectivity index (χ0) is 18.1. The highest BCUT2D eigenvalue weighted by Crippen LogP contribution is 2.29. The average Bonchev–Trinajstić information content (AvgIpc) is 3.03. The van der Waals surface area contributed by atoms with Gasteiger partial charge in [0, 0.05) is 12.3 Å². The van der Waals surface area contributed by atoms with Gasteiger partial charge in [-0.2, -0.15) is 4.98 Å². The SMILES string of the molecule is Cc1ccccc1-c1ccc(OC[C@@H]2Cn3ccc(=O)nc3O2)cc1C. The number of rotatable bonds is 4. The van der Waals surface area contributed by atoms with E-state index in [0.29, 0.717) is 19.2 Å². The van der Waals surface area contributed by atoms with Crippen molar-refractivity contribution in [3.05, 3.63) is 76.2 Å². The van der Waals surface area contributed by atoms with Crippen molar-refractivity contribution in [2.45, 2.75) is 26.5 Å². The fourth-order valence-electron chi connectivity index (χ4n) is 3.23. The highest BCUT2D eigenvalue weighted by atomic mass is 16.6. The number of fused-ring (bicyclic) bond motifs is 1. The molecule has 0 saturated heterocycles. The largest absolute Gasteiger partial charge is 0.490 e. The number of benzene rings is 2. The van der Waals surface area contributed by atoms with E-state index in [1.807, 2.05) is 22.8 Å². The Bertz CT molecular complexity index is 1010. The Kier molecular flexibility index (Phi) is 4.21. The highest BCUT2D eigenvalue weighted by Gasteiger charge is 2.23. The Labute approximate surface area is 151 Å². The molecule has 132 valence electrons. The van der Waals surface area contributed by atoms with Gasteiger partial charge in [-0.15, -0.1) is 0 Å². The zero-order valence-electron chi connectivity index (χ0n) is 14.8. The van der Waals surface area contributed by atoms with Gasteiger partial charge in [0.05, 0.1) is 6.54 Å². The molecule has 2 aromatic carbocycles. The van der Waals surface area contributed by atoms with Gasteiger partial charge in [0.15, 0.2) is 6.10 Å². The molecule has 0 N–H and O–H groups in total. The summed E-state index contributed by atoms with van der Waals surface area (Å²) in [5.41, 5.74) is 4.58. The molecule has 0 amide bonds. The summed E-state index contributed by atoms with van der Waals surface area (Å²) in [6.07, 6.45) is 1.55. The van der Waals surface area contributed by atoms with E-state index in [-0.39, 0.29) is 11.7 Å². The Hall–Kier alpha value is -3.08. The lowest BCUT2D eigenvalue weighted by atomic mass is 9.97. The number of hydrogen-bond acceptors (Lipinski definition) is 4. The van der Waals surface area contributed by atoms with Gasteiger partial charge in [0.25, 0.3) is 11.6 Å². The van der Waals surface area contributed by atoms with Gasteiger partial charge in [-0.25, -0.2) is 0 Å². The number of aromatic nitrogens is 2. The highest BCUT2D eigenvalue weighted by molar-refractivity contribution is 5.71. The van der Waals surface area contributed by atoms with Gasteiger partial charge < -0.3 is 9.47 Å². The fourth-order valence-corrected chi connectivity index (χ4v) is 3.23. The van der Waals surface area contributed by atoms with Crippen LogP contribution in [-0.4, -0.2) is 22.3 Å². The van der Waals surface area contributed by atoms with Crippen LogP contribution in [0.3, 0.4) is 0 Å². The van der Waals surface area contributed by atoms with Crippen molar-refractivity contribution in [1.82, 2.24) is 9.55 Å². The topological polar surface area (TPSA) is 53.4 Å². The van der Waals surface area contributed by atoms with Crippen molar-refractivity contribution in [3.8, 4) is 22.9 Å². The van der Waals surface area contributed by atoms with Crippen molar-refractivity contribution in [2.75, 3.05) is 6.61 Å². The second-order valence-electron chi connectivity index (χ2n) is 6.54. The van der Waals surface area contributed by atoms with Crippen molar-refractivity contribution in [1.29, 1.82) is 0 Å². The quantitative estimate of drug-likeness (QED) is 0.725. The zero-order valence-corrected chi connectivity index (χ0v) is 14.8. The average molecular weight is 348 g/mol. The van der Waals surface area contributed by atoms with Gasteiger partial charge in [0.2, 0.25) is 0 Å². The van der Waals surface area contributed by atoms with E-state index in [1.54, 1.807) is 6.20 Å². The van der Waals surface area contributed by atoms with Gasteiger partial charge in [0.1, 0.15) is 12.4 Å². The summed E-state index contributed by atoms with van der Waals surface area (Å²) < 4.78 is 13.4. The van der Waals surface area contributed by atoms with Crippen LogP contribution < -0.4 is 15.0 Å². The number of ether oxygens (including phenoxy) is 2. The Morgan fingerprint density at radius 3 is 2.73 bits per heavy atom. The summed E-state index contributed by atoms with van der Waals surface area (Å²) in [7, 11) is 0. The number of aryl methyl sites for hydroxylation is 2. The van der Waals surface area contributed by atoms with E-state index < -0.39 is 0 Å². The summed E-state index contributed by atoms with van der Waals surface area (Å²) in [5, 5.41) is 0. The molecule has 2 heterocycles. The molecule has 0 bridgehead atoms. The van der Waals surface area contributed by atoms with Crippen LogP contribution in [0, 0.1) is 13.8 Å². The monoisotopic (exact) mass is 348 g/mol. The maximum Gasteiger partial charge on any atom is 0.300 e. The summed E-state index contributed by atoms with van der Waals surface area (Å²) in [5.74, 6) is 0.807. The molecule has 0 radical (unpaired) electrons. The Morgan fingerprint density at radius 2 is 1.92 bits per heavy atom. The second kappa shape index (κ2) is 6.67. The molecular weight excluding hydrogens is 328 g/mol. The van der Waals surface area contributed by atoms with E-state index in [4.69, 9.17) is 9.47 Å². The molecule has 26 heavy (non-hydrogen) atoms. The van der Waals surface area contributed by atoms with Crippen LogP contribution in [0.4, 0.5) is 0 Å². The molecule has 0 fully saturated rings. The first-order valence-electron chi connectivity index (χ1n) is 8.64. The molecule has 1 aromatic heterocycles. The molecule has 0 aliphatic carbocycles. The molecular formula is C21H20N2O3. The lowest BCUT2D eigenvalue weighted by Crippen LogP contribution is -2.23. The minimum absolute atomic E-state index is 0.152. The maximum atomic E-state index is 11.3. The summed E-state index contributed by atoms with van der Waals surface area (Å²) >= 11 is 0. The van der Waals surface area contributed by atoms with Gasteiger partial charge in [-0.1, -0.05) is 30.3 Å². The first-order chi connectivity index (χ1) is 12.6. The van der Waals surface area contributed by atoms with Crippen LogP contribution >= 0.6 is 0 Å². The van der Waals surface area contributed by atoms with Crippen LogP contribution in [0.2, 0.25) is 0 Å².